The van der Waals surface area contributed by atoms with Gasteiger partial charge in [0.1, 0.15) is 15.9 Å². The SMILES string of the molecule is O=S(=O)(c1cnc(Cl)c(Br)c1)N1CCC(c2cc(NCc3cccnc3)n3ncc(Br)c3n2)CC1. The lowest BCUT2D eigenvalue weighted by Crippen LogP contribution is -2.38. The van der Waals surface area contributed by atoms with Gasteiger partial charge in [-0.05, 0) is 62.4 Å². The molecule has 5 heterocycles. The largest absolute Gasteiger partial charge is 0.366 e. The van der Waals surface area contributed by atoms with Crippen LogP contribution in [0, 0.1) is 0 Å². The summed E-state index contributed by atoms with van der Waals surface area (Å²) in [6.45, 7) is 1.36. The Morgan fingerprint density at radius 2 is 1.91 bits per heavy atom. The molecule has 0 atom stereocenters. The van der Waals surface area contributed by atoms with E-state index in [2.05, 4.69) is 52.2 Å². The molecule has 1 fully saturated rings. The quantitative estimate of drug-likeness (QED) is 0.300. The van der Waals surface area contributed by atoms with Gasteiger partial charge >= 0.3 is 0 Å². The average molecular weight is 642 g/mol. The summed E-state index contributed by atoms with van der Waals surface area (Å²) in [6, 6.07) is 7.39. The molecular formula is C22H20Br2ClN7O2S. The molecule has 1 aliphatic rings. The third kappa shape index (κ3) is 5.08. The van der Waals surface area contributed by atoms with E-state index < -0.39 is 10.0 Å². The van der Waals surface area contributed by atoms with E-state index in [9.17, 15) is 8.42 Å². The lowest BCUT2D eigenvalue weighted by atomic mass is 9.94. The van der Waals surface area contributed by atoms with Crippen LogP contribution < -0.4 is 5.32 Å². The van der Waals surface area contributed by atoms with Gasteiger partial charge in [-0.3, -0.25) is 4.98 Å². The summed E-state index contributed by atoms with van der Waals surface area (Å²) in [5.74, 6) is 0.925. The van der Waals surface area contributed by atoms with E-state index in [1.165, 1.54) is 16.6 Å². The highest BCUT2D eigenvalue weighted by atomic mass is 79.9. The van der Waals surface area contributed by atoms with Crippen molar-refractivity contribution < 1.29 is 8.42 Å². The number of rotatable bonds is 6. The van der Waals surface area contributed by atoms with Gasteiger partial charge in [-0.2, -0.15) is 13.9 Å². The molecule has 0 aromatic carbocycles. The number of sulfonamides is 1. The van der Waals surface area contributed by atoms with Crippen LogP contribution >= 0.6 is 43.5 Å². The van der Waals surface area contributed by atoms with Crippen molar-refractivity contribution in [1.82, 2.24) is 28.9 Å². The number of anilines is 1. The monoisotopic (exact) mass is 639 g/mol. The van der Waals surface area contributed by atoms with E-state index in [1.807, 2.05) is 24.4 Å². The number of nitrogens with zero attached hydrogens (tertiary/aromatic N) is 6. The van der Waals surface area contributed by atoms with Crippen LogP contribution in [0.25, 0.3) is 5.65 Å². The molecule has 0 unspecified atom stereocenters. The Bertz CT molecular complexity index is 1480. The van der Waals surface area contributed by atoms with E-state index in [-0.39, 0.29) is 16.0 Å². The summed E-state index contributed by atoms with van der Waals surface area (Å²) in [4.78, 5) is 13.1. The van der Waals surface area contributed by atoms with Crippen LogP contribution in [0.4, 0.5) is 5.82 Å². The van der Waals surface area contributed by atoms with E-state index in [0.717, 1.165) is 21.5 Å². The third-order valence-corrected chi connectivity index (χ3v) is 9.48. The third-order valence-electron chi connectivity index (χ3n) is 5.93. The minimum absolute atomic E-state index is 0.113. The normalized spacial score (nSPS) is 15.5. The molecular weight excluding hydrogens is 622 g/mol. The number of aromatic nitrogens is 5. The van der Waals surface area contributed by atoms with E-state index in [0.29, 0.717) is 42.6 Å². The molecule has 4 aromatic heterocycles. The second-order valence-electron chi connectivity index (χ2n) is 8.13. The highest BCUT2D eigenvalue weighted by Crippen LogP contribution is 2.33. The van der Waals surface area contributed by atoms with E-state index in [4.69, 9.17) is 16.6 Å². The van der Waals surface area contributed by atoms with Crippen LogP contribution in [-0.4, -0.2) is 50.4 Å². The minimum atomic E-state index is -3.66. The van der Waals surface area contributed by atoms with Gasteiger partial charge in [-0.15, -0.1) is 0 Å². The first kappa shape index (κ1) is 24.6. The predicted octanol–water partition coefficient (Wildman–Crippen LogP) is 4.88. The van der Waals surface area contributed by atoms with Crippen molar-refractivity contribution in [3.05, 3.63) is 74.4 Å². The van der Waals surface area contributed by atoms with Gasteiger partial charge in [0, 0.05) is 55.9 Å². The van der Waals surface area contributed by atoms with Crippen molar-refractivity contribution in [2.45, 2.75) is 30.2 Å². The molecule has 182 valence electrons. The number of piperidine rings is 1. The maximum absolute atomic E-state index is 13.1. The van der Waals surface area contributed by atoms with Crippen LogP contribution in [-0.2, 0) is 16.6 Å². The zero-order valence-electron chi connectivity index (χ0n) is 18.3. The lowest BCUT2D eigenvalue weighted by Gasteiger charge is -2.31. The molecule has 0 saturated carbocycles. The molecule has 0 spiro atoms. The van der Waals surface area contributed by atoms with Gasteiger partial charge in [0.2, 0.25) is 10.0 Å². The van der Waals surface area contributed by atoms with Gasteiger partial charge in [-0.25, -0.2) is 18.4 Å². The molecule has 35 heavy (non-hydrogen) atoms. The molecule has 4 aromatic rings. The van der Waals surface area contributed by atoms with Crippen molar-refractivity contribution in [2.24, 2.45) is 0 Å². The fraction of sp³-hybridized carbons (Fsp3) is 0.273. The molecule has 1 aliphatic heterocycles. The van der Waals surface area contributed by atoms with E-state index >= 15 is 0 Å². The first-order valence-electron chi connectivity index (χ1n) is 10.8. The number of hydrogen-bond acceptors (Lipinski definition) is 7. The maximum Gasteiger partial charge on any atom is 0.244 e. The molecule has 5 rings (SSSR count). The van der Waals surface area contributed by atoms with Crippen LogP contribution in [0.1, 0.15) is 30.0 Å². The Morgan fingerprint density at radius 1 is 1.11 bits per heavy atom. The topological polar surface area (TPSA) is 105 Å². The van der Waals surface area contributed by atoms with Crippen LogP contribution in [0.3, 0.4) is 0 Å². The zero-order chi connectivity index (χ0) is 24.6. The molecule has 0 radical (unpaired) electrons. The number of nitrogens with one attached hydrogen (secondary N) is 1. The van der Waals surface area contributed by atoms with Crippen molar-refractivity contribution in [1.29, 1.82) is 0 Å². The summed E-state index contributed by atoms with van der Waals surface area (Å²) >= 11 is 12.7. The Balaban J connectivity index is 1.36. The van der Waals surface area contributed by atoms with Crippen molar-refractivity contribution >= 4 is 64.9 Å². The number of fused-ring (bicyclic) bond motifs is 1. The second-order valence-corrected chi connectivity index (χ2v) is 12.1. The molecule has 0 aliphatic carbocycles. The van der Waals surface area contributed by atoms with Crippen molar-refractivity contribution in [2.75, 3.05) is 18.4 Å². The fourth-order valence-corrected chi connectivity index (χ4v) is 6.47. The van der Waals surface area contributed by atoms with Gasteiger partial charge < -0.3 is 5.32 Å². The lowest BCUT2D eigenvalue weighted by molar-refractivity contribution is 0.316. The van der Waals surface area contributed by atoms with Crippen molar-refractivity contribution in [3.8, 4) is 0 Å². The Morgan fingerprint density at radius 3 is 2.63 bits per heavy atom. The zero-order valence-corrected chi connectivity index (χ0v) is 23.0. The number of pyridine rings is 2. The Hall–Kier alpha value is -2.12. The molecule has 1 N–H and O–H groups in total. The Kier molecular flexibility index (Phi) is 7.09. The number of hydrogen-bond donors (Lipinski definition) is 1. The molecule has 0 amide bonds. The molecule has 9 nitrogen and oxygen atoms in total. The smallest absolute Gasteiger partial charge is 0.244 e. The van der Waals surface area contributed by atoms with Gasteiger partial charge in [-0.1, -0.05) is 17.7 Å². The summed E-state index contributed by atoms with van der Waals surface area (Å²) in [7, 11) is -3.66. The van der Waals surface area contributed by atoms with Gasteiger partial charge in [0.15, 0.2) is 5.65 Å². The van der Waals surface area contributed by atoms with Crippen LogP contribution in [0.15, 0.2) is 62.9 Å². The summed E-state index contributed by atoms with van der Waals surface area (Å²) in [6.07, 6.45) is 7.87. The summed E-state index contributed by atoms with van der Waals surface area (Å²) < 4.78 is 30.8. The molecule has 13 heteroatoms. The first-order valence-corrected chi connectivity index (χ1v) is 14.2. The fourth-order valence-electron chi connectivity index (χ4n) is 4.07. The van der Waals surface area contributed by atoms with Crippen molar-refractivity contribution in [3.63, 3.8) is 0 Å². The maximum atomic E-state index is 13.1. The van der Waals surface area contributed by atoms with Gasteiger partial charge in [0.25, 0.3) is 0 Å². The first-order chi connectivity index (χ1) is 16.8. The Labute approximate surface area is 224 Å². The average Bonchev–Trinajstić information content (AvgIpc) is 3.25. The molecule has 1 saturated heterocycles. The summed E-state index contributed by atoms with van der Waals surface area (Å²) in [5.41, 5.74) is 2.66. The minimum Gasteiger partial charge on any atom is -0.366 e. The van der Waals surface area contributed by atoms with E-state index in [1.54, 1.807) is 16.9 Å². The van der Waals surface area contributed by atoms with Crippen LogP contribution in [0.2, 0.25) is 5.15 Å². The standard InChI is InChI=1S/C22H20Br2ClN7O2S/c23-17-8-16(12-28-21(17)25)35(33,34)31-6-3-15(4-7-31)19-9-20(27-11-14-2-1-5-26-10-14)32-22(30-19)18(24)13-29-32/h1-2,5,8-10,12-13,15,27H,3-4,6-7,11H2. The van der Waals surface area contributed by atoms with Crippen LogP contribution in [0.5, 0.6) is 0 Å². The summed E-state index contributed by atoms with van der Waals surface area (Å²) in [5, 5.41) is 8.09. The highest BCUT2D eigenvalue weighted by Gasteiger charge is 2.31. The predicted molar refractivity (Wildman–Crippen MR) is 140 cm³/mol. The number of halogens is 3. The van der Waals surface area contributed by atoms with Gasteiger partial charge in [0.05, 0.1) is 15.1 Å². The second kappa shape index (κ2) is 10.1. The highest BCUT2D eigenvalue weighted by molar-refractivity contribution is 9.11. The molecule has 0 bridgehead atoms.